The summed E-state index contributed by atoms with van der Waals surface area (Å²) in [6.45, 7) is 6.41. The molecule has 5 rings (SSSR count). The summed E-state index contributed by atoms with van der Waals surface area (Å²) < 4.78 is 0. The molecule has 2 N–H and O–H groups in total. The van der Waals surface area contributed by atoms with Gasteiger partial charge in [0, 0.05) is 34.4 Å². The Kier molecular flexibility index (Phi) is 3.66. The number of aliphatic hydroxyl groups is 1. The largest absolute Gasteiger partial charge is 0.387 e. The maximum absolute atomic E-state index is 11.7. The van der Waals surface area contributed by atoms with Crippen molar-refractivity contribution in [2.24, 2.45) is 0 Å². The molecule has 1 aliphatic carbocycles. The first-order valence-electron chi connectivity index (χ1n) is 9.95. The molecule has 4 heteroatoms. The van der Waals surface area contributed by atoms with Gasteiger partial charge in [-0.15, -0.1) is 0 Å². The van der Waals surface area contributed by atoms with E-state index in [9.17, 15) is 5.11 Å². The zero-order valence-corrected chi connectivity index (χ0v) is 17.3. The van der Waals surface area contributed by atoms with Gasteiger partial charge in [0.25, 0.3) is 0 Å². The van der Waals surface area contributed by atoms with Crippen LogP contribution in [-0.2, 0) is 5.41 Å². The van der Waals surface area contributed by atoms with Gasteiger partial charge in [-0.3, -0.25) is 4.98 Å². The third kappa shape index (κ3) is 2.18. The van der Waals surface area contributed by atoms with Gasteiger partial charge in [-0.05, 0) is 67.8 Å². The number of nitrogens with zero attached hydrogens (tertiary/aromatic N) is 1. The average molecular weight is 393 g/mol. The highest BCUT2D eigenvalue weighted by Crippen LogP contribution is 2.59. The molecular formula is C24H25ClN2O. The number of rotatable bonds is 1. The van der Waals surface area contributed by atoms with Crippen LogP contribution in [0.25, 0.3) is 21.9 Å². The number of fused-ring (bicyclic) bond motifs is 4. The first kappa shape index (κ1) is 18.0. The molecule has 144 valence electrons. The Hall–Kier alpha value is -2.10. The van der Waals surface area contributed by atoms with Gasteiger partial charge in [0.2, 0.25) is 0 Å². The van der Waals surface area contributed by atoms with Crippen LogP contribution in [0.5, 0.6) is 0 Å². The maximum atomic E-state index is 11.7. The summed E-state index contributed by atoms with van der Waals surface area (Å²) in [4.78, 5) is 4.24. The summed E-state index contributed by atoms with van der Waals surface area (Å²) in [7, 11) is 0. The Bertz CT molecular complexity index is 1100. The Labute approximate surface area is 170 Å². The van der Waals surface area contributed by atoms with E-state index in [2.05, 4.69) is 49.3 Å². The molecule has 2 aromatic carbocycles. The SMILES string of the molecule is CC1(C)Nc2cc(Cl)c(-c3cccc4cnccc34)cc2C2(C)CCCC12O. The van der Waals surface area contributed by atoms with E-state index in [1.54, 1.807) is 0 Å². The highest BCUT2D eigenvalue weighted by atomic mass is 35.5. The first-order valence-corrected chi connectivity index (χ1v) is 10.3. The van der Waals surface area contributed by atoms with Gasteiger partial charge >= 0.3 is 0 Å². The van der Waals surface area contributed by atoms with E-state index in [4.69, 9.17) is 11.6 Å². The van der Waals surface area contributed by atoms with Crippen molar-refractivity contribution < 1.29 is 5.11 Å². The number of halogens is 1. The Morgan fingerprint density at radius 2 is 1.89 bits per heavy atom. The van der Waals surface area contributed by atoms with E-state index in [0.717, 1.165) is 57.4 Å². The van der Waals surface area contributed by atoms with Gasteiger partial charge in [-0.25, -0.2) is 0 Å². The number of benzene rings is 2. The average Bonchev–Trinajstić information content (AvgIpc) is 2.98. The van der Waals surface area contributed by atoms with Crippen LogP contribution in [0.2, 0.25) is 5.02 Å². The number of pyridine rings is 1. The Morgan fingerprint density at radius 3 is 2.71 bits per heavy atom. The van der Waals surface area contributed by atoms with E-state index in [1.807, 2.05) is 30.6 Å². The molecule has 0 spiro atoms. The summed E-state index contributed by atoms with van der Waals surface area (Å²) in [6.07, 6.45) is 6.50. The summed E-state index contributed by atoms with van der Waals surface area (Å²) in [5.41, 5.74) is 2.80. The Morgan fingerprint density at radius 1 is 1.07 bits per heavy atom. The van der Waals surface area contributed by atoms with Crippen molar-refractivity contribution >= 4 is 28.1 Å². The van der Waals surface area contributed by atoms with Gasteiger partial charge in [0.15, 0.2) is 0 Å². The zero-order valence-electron chi connectivity index (χ0n) is 16.5. The minimum atomic E-state index is -0.791. The fourth-order valence-corrected chi connectivity index (χ4v) is 5.94. The second-order valence-corrected chi connectivity index (χ2v) is 9.48. The topological polar surface area (TPSA) is 45.2 Å². The molecule has 1 fully saturated rings. The van der Waals surface area contributed by atoms with Crippen LogP contribution in [0, 0.1) is 0 Å². The van der Waals surface area contributed by atoms with E-state index in [-0.39, 0.29) is 5.41 Å². The van der Waals surface area contributed by atoms with Crippen molar-refractivity contribution in [3.63, 3.8) is 0 Å². The maximum Gasteiger partial charge on any atom is 0.0964 e. The lowest BCUT2D eigenvalue weighted by Gasteiger charge is -2.55. The lowest BCUT2D eigenvalue weighted by Crippen LogP contribution is -2.65. The van der Waals surface area contributed by atoms with Crippen LogP contribution >= 0.6 is 11.6 Å². The quantitative estimate of drug-likeness (QED) is 0.539. The van der Waals surface area contributed by atoms with Crippen LogP contribution in [0.3, 0.4) is 0 Å². The van der Waals surface area contributed by atoms with E-state index < -0.39 is 11.1 Å². The van der Waals surface area contributed by atoms with Crippen molar-refractivity contribution in [2.45, 2.75) is 56.6 Å². The fourth-order valence-electron chi connectivity index (χ4n) is 5.68. The summed E-state index contributed by atoms with van der Waals surface area (Å²) >= 11 is 6.79. The molecule has 2 heterocycles. The van der Waals surface area contributed by atoms with Gasteiger partial charge in [-0.2, -0.15) is 0 Å². The molecule has 3 nitrogen and oxygen atoms in total. The second kappa shape index (κ2) is 5.71. The number of hydrogen-bond donors (Lipinski definition) is 2. The first-order chi connectivity index (χ1) is 13.3. The zero-order chi connectivity index (χ0) is 19.7. The van der Waals surface area contributed by atoms with E-state index in [1.165, 1.54) is 0 Å². The molecular weight excluding hydrogens is 368 g/mol. The van der Waals surface area contributed by atoms with Crippen LogP contribution in [0.1, 0.15) is 45.6 Å². The molecule has 0 amide bonds. The van der Waals surface area contributed by atoms with Crippen LogP contribution < -0.4 is 5.32 Å². The van der Waals surface area contributed by atoms with Crippen molar-refractivity contribution in [3.05, 3.63) is 59.4 Å². The van der Waals surface area contributed by atoms with Crippen molar-refractivity contribution in [2.75, 3.05) is 5.32 Å². The number of anilines is 1. The monoisotopic (exact) mass is 392 g/mol. The molecule has 2 aliphatic rings. The fraction of sp³-hybridized carbons (Fsp3) is 0.375. The minimum absolute atomic E-state index is 0.303. The molecule has 28 heavy (non-hydrogen) atoms. The van der Waals surface area contributed by atoms with Crippen LogP contribution in [0.4, 0.5) is 5.69 Å². The lowest BCUT2D eigenvalue weighted by molar-refractivity contribution is -0.0628. The second-order valence-electron chi connectivity index (χ2n) is 9.08. The normalized spacial score (nSPS) is 27.9. The number of aromatic nitrogens is 1. The van der Waals surface area contributed by atoms with Gasteiger partial charge in [0.1, 0.15) is 0 Å². The summed E-state index contributed by atoms with van der Waals surface area (Å²) in [6, 6.07) is 12.5. The van der Waals surface area contributed by atoms with Crippen molar-refractivity contribution in [1.82, 2.24) is 4.98 Å². The highest BCUT2D eigenvalue weighted by Gasteiger charge is 2.62. The van der Waals surface area contributed by atoms with Gasteiger partial charge < -0.3 is 10.4 Å². The molecule has 0 radical (unpaired) electrons. The van der Waals surface area contributed by atoms with E-state index in [0.29, 0.717) is 0 Å². The van der Waals surface area contributed by atoms with Crippen LogP contribution in [0.15, 0.2) is 48.8 Å². The standard InChI is InChI=1S/C24H25ClN2O/c1-22(2)24(28)10-5-9-23(24,3)19-12-18(20(25)13-21(19)27-22)17-7-4-6-15-14-26-11-8-16(15)17/h4,6-8,11-14,27-28H,5,9-10H2,1-3H3. The lowest BCUT2D eigenvalue weighted by atomic mass is 9.60. The Balaban J connectivity index is 1.78. The van der Waals surface area contributed by atoms with Gasteiger partial charge in [0.05, 0.1) is 16.2 Å². The highest BCUT2D eigenvalue weighted by molar-refractivity contribution is 6.34. The molecule has 1 saturated carbocycles. The minimum Gasteiger partial charge on any atom is -0.387 e. The molecule has 2 atom stereocenters. The van der Waals surface area contributed by atoms with Gasteiger partial charge in [-0.1, -0.05) is 36.7 Å². The third-order valence-corrected chi connectivity index (χ3v) is 7.59. The number of nitrogens with one attached hydrogen (secondary N) is 1. The third-order valence-electron chi connectivity index (χ3n) is 7.28. The predicted molar refractivity (Wildman–Crippen MR) is 116 cm³/mol. The number of hydrogen-bond acceptors (Lipinski definition) is 3. The molecule has 1 aromatic heterocycles. The molecule has 0 bridgehead atoms. The van der Waals surface area contributed by atoms with E-state index >= 15 is 0 Å². The summed E-state index contributed by atoms with van der Waals surface area (Å²) in [5.74, 6) is 0. The molecule has 0 saturated heterocycles. The van der Waals surface area contributed by atoms with Crippen molar-refractivity contribution in [3.8, 4) is 11.1 Å². The molecule has 2 unspecified atom stereocenters. The molecule has 1 aliphatic heterocycles. The smallest absolute Gasteiger partial charge is 0.0964 e. The predicted octanol–water partition coefficient (Wildman–Crippen LogP) is 5.93. The van der Waals surface area contributed by atoms with Crippen LogP contribution in [-0.4, -0.2) is 21.2 Å². The summed E-state index contributed by atoms with van der Waals surface area (Å²) in [5, 5.41) is 18.3. The van der Waals surface area contributed by atoms with Crippen molar-refractivity contribution in [1.29, 1.82) is 0 Å². The molecule has 3 aromatic rings.